The van der Waals surface area contributed by atoms with Crippen molar-refractivity contribution in [3.63, 3.8) is 0 Å². The molecule has 0 aromatic carbocycles. The van der Waals surface area contributed by atoms with Crippen LogP contribution >= 0.6 is 0 Å². The zero-order chi connectivity index (χ0) is 8.97. The second-order valence-electron chi connectivity index (χ2n) is 2.80. The monoisotopic (exact) mass is 163 g/mol. The van der Waals surface area contributed by atoms with Gasteiger partial charge in [0.05, 0.1) is 17.6 Å². The van der Waals surface area contributed by atoms with Gasteiger partial charge in [0.25, 0.3) is 0 Å². The van der Waals surface area contributed by atoms with Crippen LogP contribution in [0, 0.1) is 6.92 Å². The maximum absolute atomic E-state index is 5.54. The Balaban J connectivity index is 2.71. The highest BCUT2D eigenvalue weighted by molar-refractivity contribution is 5.43. The number of rotatable bonds is 2. The average Bonchev–Trinajstić information content (AvgIpc) is 2.03. The SMILES string of the molecule is Cc1cnc(/C=C/C(C)N)cn1. The Morgan fingerprint density at radius 1 is 1.42 bits per heavy atom. The third kappa shape index (κ3) is 2.80. The minimum atomic E-state index is 0.0631. The molecule has 1 atom stereocenters. The van der Waals surface area contributed by atoms with E-state index in [1.54, 1.807) is 12.4 Å². The fourth-order valence-electron chi connectivity index (χ4n) is 0.739. The third-order valence-corrected chi connectivity index (χ3v) is 1.37. The molecule has 64 valence electrons. The van der Waals surface area contributed by atoms with Crippen molar-refractivity contribution in [2.45, 2.75) is 19.9 Å². The van der Waals surface area contributed by atoms with Crippen molar-refractivity contribution in [2.24, 2.45) is 5.73 Å². The summed E-state index contributed by atoms with van der Waals surface area (Å²) >= 11 is 0. The van der Waals surface area contributed by atoms with E-state index in [0.29, 0.717) is 0 Å². The predicted molar refractivity (Wildman–Crippen MR) is 49.5 cm³/mol. The second-order valence-corrected chi connectivity index (χ2v) is 2.80. The van der Waals surface area contributed by atoms with Gasteiger partial charge in [-0.2, -0.15) is 0 Å². The molecule has 1 unspecified atom stereocenters. The van der Waals surface area contributed by atoms with Crippen molar-refractivity contribution in [2.75, 3.05) is 0 Å². The van der Waals surface area contributed by atoms with Gasteiger partial charge in [0.2, 0.25) is 0 Å². The molecular weight excluding hydrogens is 150 g/mol. The highest BCUT2D eigenvalue weighted by Gasteiger charge is 1.89. The molecule has 1 aromatic rings. The average molecular weight is 163 g/mol. The van der Waals surface area contributed by atoms with E-state index in [-0.39, 0.29) is 6.04 Å². The van der Waals surface area contributed by atoms with Crippen LogP contribution < -0.4 is 5.73 Å². The Hall–Kier alpha value is -1.22. The van der Waals surface area contributed by atoms with E-state index in [4.69, 9.17) is 5.73 Å². The van der Waals surface area contributed by atoms with Crippen LogP contribution in [0.25, 0.3) is 6.08 Å². The maximum Gasteiger partial charge on any atom is 0.0810 e. The minimum Gasteiger partial charge on any atom is -0.325 e. The largest absolute Gasteiger partial charge is 0.325 e. The van der Waals surface area contributed by atoms with Gasteiger partial charge in [0.1, 0.15) is 0 Å². The molecule has 12 heavy (non-hydrogen) atoms. The standard InChI is InChI=1S/C9H13N3/c1-7(10)3-4-9-6-11-8(2)5-12-9/h3-7H,10H2,1-2H3/b4-3+. The van der Waals surface area contributed by atoms with Crippen molar-refractivity contribution in [3.05, 3.63) is 29.9 Å². The first-order valence-corrected chi connectivity index (χ1v) is 3.91. The number of hydrogen-bond acceptors (Lipinski definition) is 3. The molecule has 1 rings (SSSR count). The molecule has 0 bridgehead atoms. The van der Waals surface area contributed by atoms with Gasteiger partial charge in [-0.25, -0.2) is 0 Å². The molecular formula is C9H13N3. The van der Waals surface area contributed by atoms with Gasteiger partial charge in [-0.3, -0.25) is 9.97 Å². The summed E-state index contributed by atoms with van der Waals surface area (Å²) in [5.74, 6) is 0. The number of aromatic nitrogens is 2. The lowest BCUT2D eigenvalue weighted by molar-refractivity contribution is 0.929. The van der Waals surface area contributed by atoms with E-state index >= 15 is 0 Å². The van der Waals surface area contributed by atoms with Crippen LogP contribution in [0.4, 0.5) is 0 Å². The van der Waals surface area contributed by atoms with Crippen molar-refractivity contribution < 1.29 is 0 Å². The summed E-state index contributed by atoms with van der Waals surface area (Å²) in [5, 5.41) is 0. The highest BCUT2D eigenvalue weighted by atomic mass is 14.8. The Morgan fingerprint density at radius 2 is 2.17 bits per heavy atom. The van der Waals surface area contributed by atoms with E-state index < -0.39 is 0 Å². The van der Waals surface area contributed by atoms with Crippen LogP contribution in [-0.2, 0) is 0 Å². The van der Waals surface area contributed by atoms with E-state index in [1.807, 2.05) is 26.0 Å². The Labute approximate surface area is 72.3 Å². The molecule has 0 aliphatic heterocycles. The van der Waals surface area contributed by atoms with Gasteiger partial charge < -0.3 is 5.73 Å². The molecule has 0 radical (unpaired) electrons. The predicted octanol–water partition coefficient (Wildman–Crippen LogP) is 1.15. The molecule has 1 heterocycles. The highest BCUT2D eigenvalue weighted by Crippen LogP contribution is 1.97. The van der Waals surface area contributed by atoms with Gasteiger partial charge in [0.15, 0.2) is 0 Å². The van der Waals surface area contributed by atoms with Gasteiger partial charge >= 0.3 is 0 Å². The Kier molecular flexibility index (Phi) is 2.94. The smallest absolute Gasteiger partial charge is 0.0810 e. The van der Waals surface area contributed by atoms with Gasteiger partial charge in [-0.1, -0.05) is 6.08 Å². The quantitative estimate of drug-likeness (QED) is 0.711. The normalized spacial score (nSPS) is 13.6. The summed E-state index contributed by atoms with van der Waals surface area (Å²) in [6.07, 6.45) is 7.23. The lowest BCUT2D eigenvalue weighted by atomic mass is 10.3. The van der Waals surface area contributed by atoms with E-state index in [2.05, 4.69) is 9.97 Å². The molecule has 0 saturated heterocycles. The van der Waals surface area contributed by atoms with Crippen molar-refractivity contribution in [1.29, 1.82) is 0 Å². The summed E-state index contributed by atoms with van der Waals surface area (Å²) in [5.41, 5.74) is 7.30. The molecule has 0 spiro atoms. The van der Waals surface area contributed by atoms with Gasteiger partial charge in [0, 0.05) is 12.2 Å². The lowest BCUT2D eigenvalue weighted by Gasteiger charge is -1.95. The van der Waals surface area contributed by atoms with Gasteiger partial charge in [-0.15, -0.1) is 0 Å². The number of hydrogen-bond donors (Lipinski definition) is 1. The van der Waals surface area contributed by atoms with E-state index in [9.17, 15) is 0 Å². The summed E-state index contributed by atoms with van der Waals surface area (Å²) in [4.78, 5) is 8.25. The molecule has 0 aliphatic carbocycles. The zero-order valence-corrected chi connectivity index (χ0v) is 7.36. The molecule has 0 fully saturated rings. The van der Waals surface area contributed by atoms with Crippen LogP contribution in [0.2, 0.25) is 0 Å². The van der Waals surface area contributed by atoms with Crippen LogP contribution in [0.1, 0.15) is 18.3 Å². The maximum atomic E-state index is 5.54. The fraction of sp³-hybridized carbons (Fsp3) is 0.333. The van der Waals surface area contributed by atoms with Crippen LogP contribution in [0.15, 0.2) is 18.5 Å². The first-order chi connectivity index (χ1) is 5.68. The number of nitrogens with two attached hydrogens (primary N) is 1. The molecule has 3 heteroatoms. The van der Waals surface area contributed by atoms with E-state index in [1.165, 1.54) is 0 Å². The summed E-state index contributed by atoms with van der Waals surface area (Å²) in [6.45, 7) is 3.82. The summed E-state index contributed by atoms with van der Waals surface area (Å²) < 4.78 is 0. The number of nitrogens with zero attached hydrogens (tertiary/aromatic N) is 2. The third-order valence-electron chi connectivity index (χ3n) is 1.37. The topological polar surface area (TPSA) is 51.8 Å². The molecule has 3 nitrogen and oxygen atoms in total. The molecule has 0 aliphatic rings. The van der Waals surface area contributed by atoms with Crippen LogP contribution in [0.5, 0.6) is 0 Å². The first kappa shape index (κ1) is 8.87. The van der Waals surface area contributed by atoms with Crippen molar-refractivity contribution in [1.82, 2.24) is 9.97 Å². The Bertz CT molecular complexity index is 262. The van der Waals surface area contributed by atoms with Crippen molar-refractivity contribution >= 4 is 6.08 Å². The van der Waals surface area contributed by atoms with Crippen LogP contribution in [-0.4, -0.2) is 16.0 Å². The minimum absolute atomic E-state index is 0.0631. The first-order valence-electron chi connectivity index (χ1n) is 3.91. The molecule has 0 saturated carbocycles. The van der Waals surface area contributed by atoms with E-state index in [0.717, 1.165) is 11.4 Å². The summed E-state index contributed by atoms with van der Waals surface area (Å²) in [7, 11) is 0. The Morgan fingerprint density at radius 3 is 2.67 bits per heavy atom. The molecule has 2 N–H and O–H groups in total. The number of aryl methyl sites for hydroxylation is 1. The molecule has 1 aromatic heterocycles. The van der Waals surface area contributed by atoms with Gasteiger partial charge in [-0.05, 0) is 19.9 Å². The fourth-order valence-corrected chi connectivity index (χ4v) is 0.739. The van der Waals surface area contributed by atoms with Crippen LogP contribution in [0.3, 0.4) is 0 Å². The zero-order valence-electron chi connectivity index (χ0n) is 7.36. The molecule has 0 amide bonds. The lowest BCUT2D eigenvalue weighted by Crippen LogP contribution is -2.10. The second kappa shape index (κ2) is 3.97. The van der Waals surface area contributed by atoms with Crippen molar-refractivity contribution in [3.8, 4) is 0 Å². The summed E-state index contributed by atoms with van der Waals surface area (Å²) in [6, 6.07) is 0.0631.